The van der Waals surface area contributed by atoms with E-state index in [0.717, 1.165) is 55.6 Å². The molecule has 6 bridgehead atoms. The zero-order valence-corrected chi connectivity index (χ0v) is 29.7. The molecule has 9 nitrogen and oxygen atoms in total. The minimum absolute atomic E-state index is 0.0495. The topological polar surface area (TPSA) is 98.4 Å². The summed E-state index contributed by atoms with van der Waals surface area (Å²) >= 11 is 0. The van der Waals surface area contributed by atoms with Crippen LogP contribution in [0.15, 0.2) is 48.5 Å². The molecular formula is C38H47F3N4O5. The SMILES string of the molecule is CC(C)(C)O.COC(=O)Cc1c(C)nc2cc3nn2c1N1CCC(C)(CC1)OCCCCCOc1ccc(C(F)(F)F)cc1-c1cccc-3c1. The Bertz CT molecular complexity index is 1800. The molecule has 5 heterocycles. The van der Waals surface area contributed by atoms with Gasteiger partial charge in [-0.3, -0.25) is 4.79 Å². The van der Waals surface area contributed by atoms with E-state index in [1.807, 2.05) is 25.1 Å². The molecule has 1 saturated heterocycles. The van der Waals surface area contributed by atoms with Crippen LogP contribution < -0.4 is 9.64 Å². The second-order valence-corrected chi connectivity index (χ2v) is 14.2. The standard InChI is InChI=1S/C34H37F3N4O4.C4H10O/c1-22-26(20-31(42)43-3)32-40-14-12-33(2,13-15-40)45-17-6-4-5-16-44-29-11-10-25(34(35,36)37)19-27(29)23-8-7-9-24(18-23)28-21-30(38-22)41(32)39-28;1-4(2,3)5/h7-11,18-19,21H,4-6,12-17,20H2,1-3H3;5H,1-3H3. The molecule has 3 aliphatic rings. The highest BCUT2D eigenvalue weighted by molar-refractivity contribution is 5.79. The molecule has 0 amide bonds. The Morgan fingerprint density at radius 3 is 2.36 bits per heavy atom. The number of methoxy groups -OCH3 is 1. The molecule has 4 aromatic rings. The fraction of sp³-hybridized carbons (Fsp3) is 0.500. The summed E-state index contributed by atoms with van der Waals surface area (Å²) in [6, 6.07) is 12.7. The van der Waals surface area contributed by atoms with Gasteiger partial charge in [0.25, 0.3) is 0 Å². The normalized spacial score (nSPS) is 16.6. The first-order valence-electron chi connectivity index (χ1n) is 17.1. The van der Waals surface area contributed by atoms with Crippen LogP contribution in [0.1, 0.15) is 76.6 Å². The molecule has 12 heteroatoms. The first-order chi connectivity index (χ1) is 23.5. The average molecular weight is 697 g/mol. The number of alkyl halides is 3. The number of fused-ring (bicyclic) bond motifs is 8. The number of carbonyl (C=O) groups is 1. The second-order valence-electron chi connectivity index (χ2n) is 14.2. The summed E-state index contributed by atoms with van der Waals surface area (Å²) in [5, 5.41) is 13.5. The molecule has 2 aromatic heterocycles. The lowest BCUT2D eigenvalue weighted by atomic mass is 9.92. The molecular weight excluding hydrogens is 649 g/mol. The van der Waals surface area contributed by atoms with Crippen LogP contribution in [0.2, 0.25) is 0 Å². The van der Waals surface area contributed by atoms with Gasteiger partial charge in [-0.05, 0) is 96.6 Å². The third-order valence-corrected chi connectivity index (χ3v) is 8.82. The summed E-state index contributed by atoms with van der Waals surface area (Å²) in [5.41, 5.74) is 2.81. The Hall–Kier alpha value is -4.16. The van der Waals surface area contributed by atoms with Gasteiger partial charge in [-0.2, -0.15) is 22.8 Å². The van der Waals surface area contributed by atoms with Crippen molar-refractivity contribution in [3.63, 3.8) is 0 Å². The van der Waals surface area contributed by atoms with Crippen LogP contribution in [0, 0.1) is 6.92 Å². The van der Waals surface area contributed by atoms with Crippen molar-refractivity contribution in [1.29, 1.82) is 0 Å². The van der Waals surface area contributed by atoms with Crippen molar-refractivity contribution in [1.82, 2.24) is 14.6 Å². The number of anilines is 1. The minimum Gasteiger partial charge on any atom is -0.493 e. The second kappa shape index (κ2) is 15.0. The molecule has 7 rings (SSSR count). The lowest BCUT2D eigenvalue weighted by Gasteiger charge is -2.41. The Kier molecular flexibility index (Phi) is 11.1. The summed E-state index contributed by atoms with van der Waals surface area (Å²) in [4.78, 5) is 19.5. The van der Waals surface area contributed by atoms with Crippen LogP contribution in [0.4, 0.5) is 19.0 Å². The van der Waals surface area contributed by atoms with Gasteiger partial charge < -0.3 is 24.2 Å². The van der Waals surface area contributed by atoms with Gasteiger partial charge >= 0.3 is 12.1 Å². The first-order valence-corrected chi connectivity index (χ1v) is 17.1. The fourth-order valence-corrected chi connectivity index (χ4v) is 6.15. The Morgan fingerprint density at radius 2 is 1.68 bits per heavy atom. The van der Waals surface area contributed by atoms with Crippen molar-refractivity contribution in [3.8, 4) is 28.1 Å². The van der Waals surface area contributed by atoms with Crippen LogP contribution in [-0.4, -0.2) is 70.3 Å². The lowest BCUT2D eigenvalue weighted by Crippen LogP contribution is -2.45. The van der Waals surface area contributed by atoms with Gasteiger partial charge in [0, 0.05) is 48.1 Å². The van der Waals surface area contributed by atoms with Gasteiger partial charge in [-0.1, -0.05) is 18.2 Å². The van der Waals surface area contributed by atoms with E-state index in [4.69, 9.17) is 29.4 Å². The van der Waals surface area contributed by atoms with E-state index in [2.05, 4.69) is 11.8 Å². The number of benzene rings is 2. The van der Waals surface area contributed by atoms with Crippen LogP contribution in [-0.2, 0) is 26.9 Å². The zero-order valence-electron chi connectivity index (χ0n) is 29.7. The van der Waals surface area contributed by atoms with E-state index in [1.165, 1.54) is 13.2 Å². The highest BCUT2D eigenvalue weighted by Gasteiger charge is 2.34. The number of nitrogens with zero attached hydrogens (tertiary/aromatic N) is 4. The number of carbonyl (C=O) groups excluding carboxylic acids is 1. The third kappa shape index (κ3) is 9.14. The van der Waals surface area contributed by atoms with E-state index in [1.54, 1.807) is 37.4 Å². The molecule has 270 valence electrons. The summed E-state index contributed by atoms with van der Waals surface area (Å²) in [6.45, 7) is 11.7. The molecule has 0 spiro atoms. The molecule has 0 saturated carbocycles. The fourth-order valence-electron chi connectivity index (χ4n) is 6.15. The molecule has 1 fully saturated rings. The lowest BCUT2D eigenvalue weighted by molar-refractivity contribution is -0.140. The number of ether oxygens (including phenoxy) is 3. The van der Waals surface area contributed by atoms with Crippen molar-refractivity contribution in [3.05, 3.63) is 65.4 Å². The van der Waals surface area contributed by atoms with E-state index in [9.17, 15) is 18.0 Å². The molecule has 0 unspecified atom stereocenters. The van der Waals surface area contributed by atoms with Crippen LogP contribution >= 0.6 is 0 Å². The average Bonchev–Trinajstić information content (AvgIpc) is 3.47. The Labute approximate surface area is 291 Å². The van der Waals surface area contributed by atoms with Crippen LogP contribution in [0.25, 0.3) is 28.0 Å². The van der Waals surface area contributed by atoms with E-state index in [-0.39, 0.29) is 18.0 Å². The summed E-state index contributed by atoms with van der Waals surface area (Å²) in [5.74, 6) is 0.812. The van der Waals surface area contributed by atoms with Crippen LogP contribution in [0.3, 0.4) is 0 Å². The van der Waals surface area contributed by atoms with Crippen LogP contribution in [0.5, 0.6) is 5.75 Å². The molecule has 3 aliphatic heterocycles. The number of hydrogen-bond donors (Lipinski definition) is 1. The van der Waals surface area contributed by atoms with Gasteiger partial charge in [-0.25, -0.2) is 4.98 Å². The Balaban J connectivity index is 0.000000908. The molecule has 50 heavy (non-hydrogen) atoms. The Morgan fingerprint density at radius 1 is 1.00 bits per heavy atom. The highest BCUT2D eigenvalue weighted by Crippen LogP contribution is 2.39. The van der Waals surface area contributed by atoms with Gasteiger partial charge in [0.1, 0.15) is 11.6 Å². The van der Waals surface area contributed by atoms with Gasteiger partial charge in [-0.15, -0.1) is 0 Å². The monoisotopic (exact) mass is 696 g/mol. The summed E-state index contributed by atoms with van der Waals surface area (Å²) in [7, 11) is 1.37. The number of aryl methyl sites for hydroxylation is 1. The van der Waals surface area contributed by atoms with Gasteiger partial charge in [0.15, 0.2) is 5.65 Å². The van der Waals surface area contributed by atoms with E-state index < -0.39 is 17.3 Å². The number of esters is 1. The number of halogens is 3. The van der Waals surface area contributed by atoms with Crippen molar-refractivity contribution in [2.45, 2.75) is 90.5 Å². The smallest absolute Gasteiger partial charge is 0.416 e. The molecule has 1 N–H and O–H groups in total. The molecule has 0 aliphatic carbocycles. The summed E-state index contributed by atoms with van der Waals surface area (Å²) < 4.78 is 60.5. The molecule has 0 radical (unpaired) electrons. The van der Waals surface area contributed by atoms with Crippen molar-refractivity contribution < 1.29 is 37.3 Å². The maximum absolute atomic E-state index is 13.8. The van der Waals surface area contributed by atoms with Gasteiger partial charge in [0.2, 0.25) is 0 Å². The number of rotatable bonds is 2. The minimum atomic E-state index is -4.50. The number of aliphatic hydroxyl groups is 1. The predicted octanol–water partition coefficient (Wildman–Crippen LogP) is 7.82. The van der Waals surface area contributed by atoms with Gasteiger partial charge in [0.05, 0.1) is 42.6 Å². The molecule has 0 atom stereocenters. The van der Waals surface area contributed by atoms with E-state index in [0.29, 0.717) is 65.8 Å². The third-order valence-electron chi connectivity index (χ3n) is 8.82. The highest BCUT2D eigenvalue weighted by atomic mass is 19.4. The zero-order chi connectivity index (χ0) is 36.3. The number of piperidine rings is 1. The van der Waals surface area contributed by atoms with Crippen molar-refractivity contribution in [2.75, 3.05) is 38.3 Å². The molecule has 2 aromatic carbocycles. The summed E-state index contributed by atoms with van der Waals surface area (Å²) in [6.07, 6.45) is -0.343. The van der Waals surface area contributed by atoms with Crippen molar-refractivity contribution >= 4 is 17.4 Å². The first kappa shape index (κ1) is 37.1. The van der Waals surface area contributed by atoms with Crippen molar-refractivity contribution in [2.24, 2.45) is 0 Å². The van der Waals surface area contributed by atoms with E-state index >= 15 is 0 Å². The number of aromatic nitrogens is 3. The largest absolute Gasteiger partial charge is 0.493 e. The quantitative estimate of drug-likeness (QED) is 0.212. The maximum Gasteiger partial charge on any atom is 0.416 e. The maximum atomic E-state index is 13.8. The predicted molar refractivity (Wildman–Crippen MR) is 186 cm³/mol. The number of hydrogen-bond acceptors (Lipinski definition) is 8.